The van der Waals surface area contributed by atoms with Gasteiger partial charge < -0.3 is 20.3 Å². The Morgan fingerprint density at radius 3 is 1.73 bits per heavy atom. The van der Waals surface area contributed by atoms with Crippen LogP contribution in [0.25, 0.3) is 0 Å². The minimum atomic E-state index is -0.875. The second kappa shape index (κ2) is 30.4. The highest BCUT2D eigenvalue weighted by molar-refractivity contribution is 5.76. The fourth-order valence-corrected chi connectivity index (χ4v) is 5.18. The number of unbranched alkanes of at least 4 members (excludes halogenated alkanes) is 11. The van der Waals surface area contributed by atoms with Crippen molar-refractivity contribution in [1.29, 1.82) is 0 Å². The maximum absolute atomic E-state index is 12.3. The number of hydrogen-bond donors (Lipinski definition) is 3. The first kappa shape index (κ1) is 40.8. The molecule has 3 N–H and O–H groups in total. The van der Waals surface area contributed by atoms with Gasteiger partial charge in [0.05, 0.1) is 31.0 Å². The largest absolute Gasteiger partial charge is 0.394 e. The first-order valence-electron chi connectivity index (χ1n) is 18.3. The summed E-state index contributed by atoms with van der Waals surface area (Å²) >= 11 is 0. The molecule has 0 aromatic rings. The number of aliphatic hydroxyl groups is 2. The van der Waals surface area contributed by atoms with Crippen LogP contribution in [0.5, 0.6) is 0 Å². The average Bonchev–Trinajstić information content (AvgIpc) is 3.80. The standard InChI is InChI=1S/C40H67NO4/c1-3-5-7-8-9-10-11-12-15-18-21-24-28-31-37(43)36(35-42)41-40(44)34-30-26-23-20-17-14-13-16-19-22-25-29-33-39-38(45-39)32-27-6-4-2/h6,14,16-17,19,23,25-29,31,36-39,42-43H,3-5,7-13,15,18,20-22,24,30,32-35H2,1-2H3,(H,41,44)/b17-14-,19-16-,26-23-,27-6-,29-25-,31-28+/t36-,37+,38?,39?/m0/s1. The second-order valence-electron chi connectivity index (χ2n) is 12.3. The Labute approximate surface area is 276 Å². The number of carbonyl (C=O) groups excluding carboxylic acids is 1. The normalized spacial score (nSPS) is 18.5. The molecule has 0 aliphatic carbocycles. The van der Waals surface area contributed by atoms with Crippen LogP contribution in [0.1, 0.15) is 142 Å². The molecule has 2 unspecified atom stereocenters. The van der Waals surface area contributed by atoms with Crippen molar-refractivity contribution in [2.75, 3.05) is 6.61 Å². The van der Waals surface area contributed by atoms with Gasteiger partial charge in [-0.1, -0.05) is 151 Å². The molecule has 0 aromatic heterocycles. The maximum atomic E-state index is 12.3. The Hall–Kier alpha value is -2.21. The van der Waals surface area contributed by atoms with Gasteiger partial charge in [-0.3, -0.25) is 4.79 Å². The van der Waals surface area contributed by atoms with E-state index < -0.39 is 12.1 Å². The number of amides is 1. The van der Waals surface area contributed by atoms with Gasteiger partial charge in [-0.25, -0.2) is 0 Å². The van der Waals surface area contributed by atoms with Crippen LogP contribution in [0.3, 0.4) is 0 Å². The summed E-state index contributed by atoms with van der Waals surface area (Å²) in [6.07, 6.45) is 47.4. The Bertz CT molecular complexity index is 872. The van der Waals surface area contributed by atoms with Gasteiger partial charge in [0, 0.05) is 6.42 Å². The lowest BCUT2D eigenvalue weighted by atomic mass is 10.0. The van der Waals surface area contributed by atoms with Crippen LogP contribution < -0.4 is 5.32 Å². The summed E-state index contributed by atoms with van der Waals surface area (Å²) < 4.78 is 5.67. The molecular formula is C40H67NO4. The van der Waals surface area contributed by atoms with Gasteiger partial charge in [0.15, 0.2) is 0 Å². The quantitative estimate of drug-likeness (QED) is 0.0422. The van der Waals surface area contributed by atoms with E-state index in [9.17, 15) is 15.0 Å². The van der Waals surface area contributed by atoms with Crippen molar-refractivity contribution in [3.05, 3.63) is 72.9 Å². The third-order valence-corrected chi connectivity index (χ3v) is 8.11. The molecule has 1 aliphatic heterocycles. The van der Waals surface area contributed by atoms with Gasteiger partial charge in [0.25, 0.3) is 0 Å². The first-order chi connectivity index (χ1) is 22.1. The molecule has 1 fully saturated rings. The van der Waals surface area contributed by atoms with Gasteiger partial charge in [-0.15, -0.1) is 0 Å². The topological polar surface area (TPSA) is 82.1 Å². The Morgan fingerprint density at radius 2 is 1.18 bits per heavy atom. The van der Waals surface area contributed by atoms with E-state index in [0.29, 0.717) is 25.0 Å². The molecular weight excluding hydrogens is 558 g/mol. The van der Waals surface area contributed by atoms with Gasteiger partial charge in [-0.05, 0) is 57.8 Å². The minimum absolute atomic E-state index is 0.153. The van der Waals surface area contributed by atoms with Crippen molar-refractivity contribution in [3.8, 4) is 0 Å². The van der Waals surface area contributed by atoms with Gasteiger partial charge in [0.1, 0.15) is 0 Å². The molecule has 0 saturated carbocycles. The molecule has 1 aliphatic rings. The van der Waals surface area contributed by atoms with Crippen molar-refractivity contribution in [2.45, 2.75) is 167 Å². The average molecular weight is 626 g/mol. The predicted octanol–water partition coefficient (Wildman–Crippen LogP) is 9.77. The molecule has 1 amide bonds. The van der Waals surface area contributed by atoms with Crippen molar-refractivity contribution >= 4 is 5.91 Å². The highest BCUT2D eigenvalue weighted by Gasteiger charge is 2.35. The van der Waals surface area contributed by atoms with E-state index in [1.54, 1.807) is 6.08 Å². The first-order valence-corrected chi connectivity index (χ1v) is 18.3. The lowest BCUT2D eigenvalue weighted by molar-refractivity contribution is -0.122. The molecule has 1 rings (SSSR count). The Morgan fingerprint density at radius 1 is 0.667 bits per heavy atom. The van der Waals surface area contributed by atoms with E-state index >= 15 is 0 Å². The van der Waals surface area contributed by atoms with Gasteiger partial charge in [0.2, 0.25) is 5.91 Å². The molecule has 5 nitrogen and oxygen atoms in total. The van der Waals surface area contributed by atoms with Gasteiger partial charge in [-0.2, -0.15) is 0 Å². The van der Waals surface area contributed by atoms with Crippen molar-refractivity contribution in [1.82, 2.24) is 5.32 Å². The SMILES string of the molecule is CC/C=C\CC1OC1C/C=C\C/C=C\C/C=C\C/C=C\CCC(=O)N[C@@H](CO)[C@H](O)/C=C/CCCCCCCCCCCCC. The highest BCUT2D eigenvalue weighted by atomic mass is 16.6. The van der Waals surface area contributed by atoms with Crippen LogP contribution in [0.4, 0.5) is 0 Å². The fraction of sp³-hybridized carbons (Fsp3) is 0.675. The highest BCUT2D eigenvalue weighted by Crippen LogP contribution is 2.29. The Balaban J connectivity index is 2.01. The van der Waals surface area contributed by atoms with Crippen molar-refractivity contribution in [2.24, 2.45) is 0 Å². The summed E-state index contributed by atoms with van der Waals surface area (Å²) in [5.74, 6) is -0.153. The van der Waals surface area contributed by atoms with E-state index in [4.69, 9.17) is 4.74 Å². The van der Waals surface area contributed by atoms with Crippen LogP contribution in [0.15, 0.2) is 72.9 Å². The van der Waals surface area contributed by atoms with Crippen molar-refractivity contribution in [3.63, 3.8) is 0 Å². The molecule has 45 heavy (non-hydrogen) atoms. The monoisotopic (exact) mass is 626 g/mol. The summed E-state index contributed by atoms with van der Waals surface area (Å²) in [6.45, 7) is 4.13. The van der Waals surface area contributed by atoms with E-state index in [-0.39, 0.29) is 12.5 Å². The number of rotatable bonds is 30. The molecule has 5 heteroatoms. The number of nitrogens with one attached hydrogen (secondary N) is 1. The number of allylic oxidation sites excluding steroid dienone is 9. The molecule has 1 saturated heterocycles. The number of hydrogen-bond acceptors (Lipinski definition) is 4. The fourth-order valence-electron chi connectivity index (χ4n) is 5.18. The van der Waals surface area contributed by atoms with Crippen LogP contribution in [-0.2, 0) is 9.53 Å². The lowest BCUT2D eigenvalue weighted by Gasteiger charge is -2.19. The smallest absolute Gasteiger partial charge is 0.220 e. The summed E-state index contributed by atoms with van der Waals surface area (Å²) in [5, 5.41) is 22.8. The lowest BCUT2D eigenvalue weighted by Crippen LogP contribution is -2.45. The minimum Gasteiger partial charge on any atom is -0.394 e. The summed E-state index contributed by atoms with van der Waals surface area (Å²) in [6, 6.07) is -0.668. The third-order valence-electron chi connectivity index (χ3n) is 8.11. The molecule has 0 radical (unpaired) electrons. The van der Waals surface area contributed by atoms with Crippen LogP contribution in [-0.4, -0.2) is 47.1 Å². The molecule has 0 bridgehead atoms. The van der Waals surface area contributed by atoms with E-state index in [1.165, 1.54) is 64.2 Å². The zero-order valence-corrected chi connectivity index (χ0v) is 28.8. The number of carbonyl (C=O) groups is 1. The summed E-state index contributed by atoms with van der Waals surface area (Å²) in [5.41, 5.74) is 0. The predicted molar refractivity (Wildman–Crippen MR) is 192 cm³/mol. The number of epoxide rings is 1. The van der Waals surface area contributed by atoms with E-state index in [0.717, 1.165) is 51.4 Å². The van der Waals surface area contributed by atoms with Crippen LogP contribution in [0, 0.1) is 0 Å². The van der Waals surface area contributed by atoms with Gasteiger partial charge >= 0.3 is 0 Å². The van der Waals surface area contributed by atoms with E-state index in [2.05, 4.69) is 73.8 Å². The molecule has 256 valence electrons. The number of ether oxygens (including phenoxy) is 1. The molecule has 0 spiro atoms. The zero-order chi connectivity index (χ0) is 32.6. The second-order valence-corrected chi connectivity index (χ2v) is 12.3. The molecule has 0 aromatic carbocycles. The summed E-state index contributed by atoms with van der Waals surface area (Å²) in [4.78, 5) is 12.3. The maximum Gasteiger partial charge on any atom is 0.220 e. The Kier molecular flexibility index (Phi) is 27.6. The summed E-state index contributed by atoms with van der Waals surface area (Å²) in [7, 11) is 0. The number of aliphatic hydroxyl groups excluding tert-OH is 2. The molecule has 1 heterocycles. The third kappa shape index (κ3) is 25.6. The zero-order valence-electron chi connectivity index (χ0n) is 28.8. The van der Waals surface area contributed by atoms with Crippen molar-refractivity contribution < 1.29 is 19.7 Å². The molecule has 4 atom stereocenters. The van der Waals surface area contributed by atoms with Crippen LogP contribution in [0.2, 0.25) is 0 Å². The van der Waals surface area contributed by atoms with Crippen LogP contribution >= 0.6 is 0 Å². The van der Waals surface area contributed by atoms with E-state index in [1.807, 2.05) is 12.2 Å².